The van der Waals surface area contributed by atoms with E-state index in [1.807, 2.05) is 18.2 Å². The molecule has 0 radical (unpaired) electrons. The minimum atomic E-state index is -0.945. The van der Waals surface area contributed by atoms with Gasteiger partial charge in [0.1, 0.15) is 5.41 Å². The molecule has 3 rings (SSSR count). The van der Waals surface area contributed by atoms with Gasteiger partial charge in [0, 0.05) is 18.8 Å². The average Bonchev–Trinajstić information content (AvgIpc) is 3.64. The number of nitrogens with one attached hydrogen (secondary N) is 2. The third-order valence-corrected chi connectivity index (χ3v) is 6.74. The van der Waals surface area contributed by atoms with Gasteiger partial charge in [0.15, 0.2) is 0 Å². The maximum Gasteiger partial charge on any atom is 0.269 e. The fourth-order valence-electron chi connectivity index (χ4n) is 4.31. The molecule has 1 aromatic rings. The Labute approximate surface area is 192 Å². The van der Waals surface area contributed by atoms with Crippen molar-refractivity contribution in [2.24, 2.45) is 11.3 Å². The van der Waals surface area contributed by atoms with Crippen LogP contribution in [0.4, 0.5) is 0 Å². The molecule has 0 spiro atoms. The number of carbonyl (C=O) groups excluding carboxylic acids is 2. The summed E-state index contributed by atoms with van der Waals surface area (Å²) in [5.41, 5.74) is 5.52. The predicted octanol–water partition coefficient (Wildman–Crippen LogP) is 4.84. The molecule has 1 aromatic carbocycles. The Bertz CT molecular complexity index is 775. The van der Waals surface area contributed by atoms with Crippen molar-refractivity contribution in [1.82, 2.24) is 10.9 Å². The molecule has 32 heavy (non-hydrogen) atoms. The minimum absolute atomic E-state index is 0.371. The van der Waals surface area contributed by atoms with Crippen molar-refractivity contribution in [3.63, 3.8) is 0 Å². The van der Waals surface area contributed by atoms with Gasteiger partial charge in [0.2, 0.25) is 0 Å². The standard InChI is InChI=1S/C26H37N3O3/c27-20-26(16-17-26)25(31)29-28-24(30)23-14-12-21(13-15-23)9-5-2-1-3-8-18-32-19-22-10-6-4-7-11-22/h12-15,22H,1-11,16-19H2,(H,28,30)(H,29,31). The van der Waals surface area contributed by atoms with Gasteiger partial charge in [0.05, 0.1) is 6.07 Å². The van der Waals surface area contributed by atoms with E-state index in [1.165, 1.54) is 56.9 Å². The van der Waals surface area contributed by atoms with Crippen molar-refractivity contribution in [2.45, 2.75) is 83.5 Å². The first kappa shape index (κ1) is 24.3. The SMILES string of the molecule is N#CC1(C(=O)NNC(=O)c2ccc(CCCCCCCOCC3CCCCC3)cc2)CC1. The Hall–Kier alpha value is -2.39. The zero-order valence-corrected chi connectivity index (χ0v) is 19.2. The van der Waals surface area contributed by atoms with Crippen LogP contribution < -0.4 is 10.9 Å². The van der Waals surface area contributed by atoms with Gasteiger partial charge >= 0.3 is 0 Å². The molecule has 2 aliphatic rings. The number of aryl methyl sites for hydroxylation is 1. The molecule has 0 aliphatic heterocycles. The Morgan fingerprint density at radius 2 is 1.66 bits per heavy atom. The van der Waals surface area contributed by atoms with Crippen LogP contribution in [0.15, 0.2) is 24.3 Å². The molecule has 0 heterocycles. The molecule has 0 unspecified atom stereocenters. The summed E-state index contributed by atoms with van der Waals surface area (Å²) in [5, 5.41) is 9.01. The summed E-state index contributed by atoms with van der Waals surface area (Å²) in [6, 6.07) is 9.49. The summed E-state index contributed by atoms with van der Waals surface area (Å²) in [7, 11) is 0. The molecule has 2 N–H and O–H groups in total. The van der Waals surface area contributed by atoms with E-state index in [2.05, 4.69) is 10.9 Å². The van der Waals surface area contributed by atoms with E-state index in [9.17, 15) is 9.59 Å². The zero-order chi connectivity index (χ0) is 22.7. The van der Waals surface area contributed by atoms with Crippen molar-refractivity contribution in [1.29, 1.82) is 5.26 Å². The summed E-state index contributed by atoms with van der Waals surface area (Å²) in [4.78, 5) is 24.1. The minimum Gasteiger partial charge on any atom is -0.381 e. The Morgan fingerprint density at radius 3 is 2.34 bits per heavy atom. The maximum atomic E-state index is 12.2. The van der Waals surface area contributed by atoms with E-state index >= 15 is 0 Å². The molecule has 0 saturated heterocycles. The molecule has 6 heteroatoms. The first-order chi connectivity index (χ1) is 15.6. The van der Waals surface area contributed by atoms with Crippen LogP contribution in [-0.4, -0.2) is 25.0 Å². The predicted molar refractivity (Wildman–Crippen MR) is 124 cm³/mol. The van der Waals surface area contributed by atoms with Gasteiger partial charge in [-0.05, 0) is 68.6 Å². The van der Waals surface area contributed by atoms with Gasteiger partial charge < -0.3 is 4.74 Å². The summed E-state index contributed by atoms with van der Waals surface area (Å²) in [5.74, 6) is 0.00322. The smallest absolute Gasteiger partial charge is 0.269 e. The quantitative estimate of drug-likeness (QED) is 0.360. The first-order valence-corrected chi connectivity index (χ1v) is 12.3. The molecular weight excluding hydrogens is 402 g/mol. The second-order valence-corrected chi connectivity index (χ2v) is 9.40. The lowest BCUT2D eigenvalue weighted by Crippen LogP contribution is -2.45. The van der Waals surface area contributed by atoms with Gasteiger partial charge in [-0.3, -0.25) is 20.4 Å². The summed E-state index contributed by atoms with van der Waals surface area (Å²) >= 11 is 0. The van der Waals surface area contributed by atoms with Crippen LogP contribution in [0.25, 0.3) is 0 Å². The molecule has 0 atom stereocenters. The third-order valence-electron chi connectivity index (χ3n) is 6.74. The lowest BCUT2D eigenvalue weighted by atomic mass is 9.90. The zero-order valence-electron chi connectivity index (χ0n) is 19.2. The van der Waals surface area contributed by atoms with E-state index < -0.39 is 11.3 Å². The fraction of sp³-hybridized carbons (Fsp3) is 0.654. The lowest BCUT2D eigenvalue weighted by molar-refractivity contribution is -0.125. The number of unbranched alkanes of at least 4 members (excludes halogenated alkanes) is 4. The van der Waals surface area contributed by atoms with Gasteiger partial charge in [-0.25, -0.2) is 0 Å². The Kier molecular flexibility index (Phi) is 9.55. The number of nitrogens with zero attached hydrogens (tertiary/aromatic N) is 1. The third kappa shape index (κ3) is 7.63. The number of carbonyl (C=O) groups is 2. The van der Waals surface area contributed by atoms with Crippen molar-refractivity contribution >= 4 is 11.8 Å². The van der Waals surface area contributed by atoms with Crippen LogP contribution >= 0.6 is 0 Å². The first-order valence-electron chi connectivity index (χ1n) is 12.3. The van der Waals surface area contributed by atoms with Crippen LogP contribution in [0.2, 0.25) is 0 Å². The van der Waals surface area contributed by atoms with Gasteiger partial charge in [-0.15, -0.1) is 0 Å². The average molecular weight is 440 g/mol. The largest absolute Gasteiger partial charge is 0.381 e. The van der Waals surface area contributed by atoms with Crippen LogP contribution in [0.1, 0.15) is 93.0 Å². The number of amides is 2. The van der Waals surface area contributed by atoms with Crippen LogP contribution in [-0.2, 0) is 16.0 Å². The topological polar surface area (TPSA) is 91.2 Å². The Morgan fingerprint density at radius 1 is 0.969 bits per heavy atom. The van der Waals surface area contributed by atoms with Crippen molar-refractivity contribution in [3.05, 3.63) is 35.4 Å². The van der Waals surface area contributed by atoms with Crippen molar-refractivity contribution in [2.75, 3.05) is 13.2 Å². The van der Waals surface area contributed by atoms with E-state index in [0.29, 0.717) is 18.4 Å². The monoisotopic (exact) mass is 439 g/mol. The molecule has 174 valence electrons. The van der Waals surface area contributed by atoms with Gasteiger partial charge in [0.25, 0.3) is 11.8 Å². The molecule has 2 fully saturated rings. The van der Waals surface area contributed by atoms with Crippen LogP contribution in [0.3, 0.4) is 0 Å². The highest BCUT2D eigenvalue weighted by atomic mass is 16.5. The van der Waals surface area contributed by atoms with Crippen LogP contribution in [0, 0.1) is 22.7 Å². The molecule has 2 saturated carbocycles. The highest BCUT2D eigenvalue weighted by molar-refractivity contribution is 5.96. The van der Waals surface area contributed by atoms with Gasteiger partial charge in [-0.1, -0.05) is 50.7 Å². The van der Waals surface area contributed by atoms with E-state index in [-0.39, 0.29) is 5.91 Å². The molecule has 0 aromatic heterocycles. The molecule has 0 bridgehead atoms. The number of hydrogen-bond donors (Lipinski definition) is 2. The summed E-state index contributed by atoms with van der Waals surface area (Å²) in [6.45, 7) is 1.86. The number of nitriles is 1. The van der Waals surface area contributed by atoms with E-state index in [4.69, 9.17) is 10.00 Å². The summed E-state index contributed by atoms with van der Waals surface area (Å²) < 4.78 is 5.87. The number of hydrogen-bond acceptors (Lipinski definition) is 4. The number of hydrazine groups is 1. The maximum absolute atomic E-state index is 12.2. The van der Waals surface area contributed by atoms with E-state index in [0.717, 1.165) is 38.4 Å². The molecule has 2 aliphatic carbocycles. The molecular formula is C26H37N3O3. The summed E-state index contributed by atoms with van der Waals surface area (Å²) in [6.07, 6.45) is 14.9. The lowest BCUT2D eigenvalue weighted by Gasteiger charge is -2.21. The second kappa shape index (κ2) is 12.6. The van der Waals surface area contributed by atoms with Crippen LogP contribution in [0.5, 0.6) is 0 Å². The van der Waals surface area contributed by atoms with Gasteiger partial charge in [-0.2, -0.15) is 5.26 Å². The highest BCUT2D eigenvalue weighted by Gasteiger charge is 2.50. The molecule has 2 amide bonds. The number of ether oxygens (including phenoxy) is 1. The normalized spacial score (nSPS) is 17.3. The number of benzene rings is 1. The molecule has 6 nitrogen and oxygen atoms in total. The Balaban J connectivity index is 1.21. The van der Waals surface area contributed by atoms with E-state index in [1.54, 1.807) is 12.1 Å². The van der Waals surface area contributed by atoms with Crippen molar-refractivity contribution < 1.29 is 14.3 Å². The number of rotatable bonds is 12. The second-order valence-electron chi connectivity index (χ2n) is 9.40. The van der Waals surface area contributed by atoms with Crippen molar-refractivity contribution in [3.8, 4) is 6.07 Å². The fourth-order valence-corrected chi connectivity index (χ4v) is 4.31. The highest BCUT2D eigenvalue weighted by Crippen LogP contribution is 2.44.